The van der Waals surface area contributed by atoms with Gasteiger partial charge in [0, 0.05) is 24.5 Å². The van der Waals surface area contributed by atoms with E-state index in [1.807, 2.05) is 71.4 Å². The SMILES string of the molecule is CNC(=O)CSc1nc(-c2ccccc2)cn1-c1ccccc1. The third kappa shape index (κ3) is 3.63. The van der Waals surface area contributed by atoms with Gasteiger partial charge in [0.25, 0.3) is 0 Å². The van der Waals surface area contributed by atoms with E-state index >= 15 is 0 Å². The summed E-state index contributed by atoms with van der Waals surface area (Å²) in [6, 6.07) is 20.1. The lowest BCUT2D eigenvalue weighted by molar-refractivity contribution is -0.118. The molecule has 3 aromatic rings. The number of aromatic nitrogens is 2. The Morgan fingerprint density at radius 3 is 2.39 bits per heavy atom. The Bertz CT molecular complexity index is 785. The highest BCUT2D eigenvalue weighted by atomic mass is 32.2. The average Bonchev–Trinajstić information content (AvgIpc) is 3.05. The van der Waals surface area contributed by atoms with Crippen LogP contribution in [0.1, 0.15) is 0 Å². The van der Waals surface area contributed by atoms with E-state index < -0.39 is 0 Å². The smallest absolute Gasteiger partial charge is 0.230 e. The van der Waals surface area contributed by atoms with Crippen LogP contribution < -0.4 is 5.32 Å². The zero-order valence-electron chi connectivity index (χ0n) is 12.8. The zero-order chi connectivity index (χ0) is 16.1. The fraction of sp³-hybridized carbons (Fsp3) is 0.111. The number of carbonyl (C=O) groups excluding carboxylic acids is 1. The molecule has 1 aromatic heterocycles. The van der Waals surface area contributed by atoms with E-state index in [4.69, 9.17) is 4.98 Å². The quantitative estimate of drug-likeness (QED) is 0.732. The van der Waals surface area contributed by atoms with Gasteiger partial charge in [-0.25, -0.2) is 4.98 Å². The first-order chi connectivity index (χ1) is 11.3. The second-order valence-electron chi connectivity index (χ2n) is 4.94. The first-order valence-corrected chi connectivity index (χ1v) is 8.30. The number of hydrogen-bond acceptors (Lipinski definition) is 3. The molecule has 2 aromatic carbocycles. The van der Waals surface area contributed by atoms with E-state index in [2.05, 4.69) is 5.32 Å². The minimum absolute atomic E-state index is 0.0149. The van der Waals surface area contributed by atoms with Gasteiger partial charge in [0.05, 0.1) is 11.4 Å². The fourth-order valence-corrected chi connectivity index (χ4v) is 3.05. The Hall–Kier alpha value is -2.53. The topological polar surface area (TPSA) is 46.9 Å². The van der Waals surface area contributed by atoms with Crippen LogP contribution in [-0.2, 0) is 4.79 Å². The van der Waals surface area contributed by atoms with Crippen molar-refractivity contribution in [3.63, 3.8) is 0 Å². The number of rotatable bonds is 5. The van der Waals surface area contributed by atoms with Crippen molar-refractivity contribution in [1.82, 2.24) is 14.9 Å². The molecule has 0 spiro atoms. The first kappa shape index (κ1) is 15.4. The van der Waals surface area contributed by atoms with Crippen LogP contribution in [0.5, 0.6) is 0 Å². The first-order valence-electron chi connectivity index (χ1n) is 7.31. The fourth-order valence-electron chi connectivity index (χ4n) is 2.19. The van der Waals surface area contributed by atoms with Crippen molar-refractivity contribution < 1.29 is 4.79 Å². The van der Waals surface area contributed by atoms with Crippen LogP contribution in [0.3, 0.4) is 0 Å². The molecule has 0 bridgehead atoms. The summed E-state index contributed by atoms with van der Waals surface area (Å²) in [5, 5.41) is 3.44. The van der Waals surface area contributed by atoms with Gasteiger partial charge in [-0.1, -0.05) is 60.3 Å². The van der Waals surface area contributed by atoms with Crippen molar-refractivity contribution >= 4 is 17.7 Å². The zero-order valence-corrected chi connectivity index (χ0v) is 13.6. The molecule has 116 valence electrons. The normalized spacial score (nSPS) is 10.5. The molecule has 5 heteroatoms. The Kier molecular flexibility index (Phi) is 4.78. The number of thioether (sulfide) groups is 1. The maximum Gasteiger partial charge on any atom is 0.230 e. The van der Waals surface area contributed by atoms with Crippen LogP contribution in [0.2, 0.25) is 0 Å². The van der Waals surface area contributed by atoms with E-state index in [9.17, 15) is 4.79 Å². The lowest BCUT2D eigenvalue weighted by Crippen LogP contribution is -2.20. The second kappa shape index (κ2) is 7.15. The highest BCUT2D eigenvalue weighted by Crippen LogP contribution is 2.27. The van der Waals surface area contributed by atoms with Crippen LogP contribution in [0.15, 0.2) is 72.0 Å². The molecule has 3 rings (SSSR count). The number of carbonyl (C=O) groups is 1. The summed E-state index contributed by atoms with van der Waals surface area (Å²) < 4.78 is 2.02. The molecule has 0 unspecified atom stereocenters. The van der Waals surface area contributed by atoms with Gasteiger partial charge >= 0.3 is 0 Å². The van der Waals surface area contributed by atoms with E-state index in [1.165, 1.54) is 11.8 Å². The summed E-state index contributed by atoms with van der Waals surface area (Å²) in [5.74, 6) is 0.327. The average molecular weight is 323 g/mol. The van der Waals surface area contributed by atoms with Gasteiger partial charge in [0.15, 0.2) is 5.16 Å². The van der Waals surface area contributed by atoms with Gasteiger partial charge in [-0.2, -0.15) is 0 Å². The van der Waals surface area contributed by atoms with Gasteiger partial charge < -0.3 is 5.32 Å². The molecular formula is C18H17N3OS. The molecule has 23 heavy (non-hydrogen) atoms. The minimum atomic E-state index is -0.0149. The van der Waals surface area contributed by atoms with Gasteiger partial charge in [0.1, 0.15) is 0 Å². The lowest BCUT2D eigenvalue weighted by atomic mass is 10.2. The van der Waals surface area contributed by atoms with Gasteiger partial charge in [0.2, 0.25) is 5.91 Å². The minimum Gasteiger partial charge on any atom is -0.358 e. The predicted octanol–water partition coefficient (Wildman–Crippen LogP) is 3.38. The molecule has 0 radical (unpaired) electrons. The van der Waals surface area contributed by atoms with Gasteiger partial charge in [-0.3, -0.25) is 9.36 Å². The number of imidazole rings is 1. The summed E-state index contributed by atoms with van der Waals surface area (Å²) in [7, 11) is 1.64. The standard InChI is InChI=1S/C18H17N3OS/c1-19-17(22)13-23-18-20-16(14-8-4-2-5-9-14)12-21(18)15-10-6-3-7-11-15/h2-12H,13H2,1H3,(H,19,22). The summed E-state index contributed by atoms with van der Waals surface area (Å²) in [6.07, 6.45) is 2.01. The number of nitrogens with zero attached hydrogens (tertiary/aromatic N) is 2. The van der Waals surface area contributed by atoms with Crippen LogP contribution in [0, 0.1) is 0 Å². The van der Waals surface area contributed by atoms with Crippen LogP contribution in [0.4, 0.5) is 0 Å². The highest BCUT2D eigenvalue weighted by molar-refractivity contribution is 7.99. The van der Waals surface area contributed by atoms with Crippen molar-refractivity contribution in [3.8, 4) is 16.9 Å². The third-order valence-corrected chi connectivity index (χ3v) is 4.34. The van der Waals surface area contributed by atoms with Crippen molar-refractivity contribution in [2.24, 2.45) is 0 Å². The number of para-hydroxylation sites is 1. The van der Waals surface area contributed by atoms with E-state index in [0.29, 0.717) is 5.75 Å². The molecule has 1 N–H and O–H groups in total. The van der Waals surface area contributed by atoms with Gasteiger partial charge in [-0.05, 0) is 12.1 Å². The Labute approximate surface area is 139 Å². The molecule has 0 aliphatic carbocycles. The largest absolute Gasteiger partial charge is 0.358 e. The Morgan fingerprint density at radius 2 is 1.74 bits per heavy atom. The van der Waals surface area contributed by atoms with E-state index in [1.54, 1.807) is 7.05 Å². The van der Waals surface area contributed by atoms with Crippen molar-refractivity contribution in [3.05, 3.63) is 66.9 Å². The third-order valence-electron chi connectivity index (χ3n) is 3.39. The van der Waals surface area contributed by atoms with Gasteiger partial charge in [-0.15, -0.1) is 0 Å². The maximum atomic E-state index is 11.5. The summed E-state index contributed by atoms with van der Waals surface area (Å²) in [6.45, 7) is 0. The van der Waals surface area contributed by atoms with E-state index in [0.717, 1.165) is 22.1 Å². The second-order valence-corrected chi connectivity index (χ2v) is 5.88. The molecule has 1 amide bonds. The molecule has 0 atom stereocenters. The predicted molar refractivity (Wildman–Crippen MR) is 93.8 cm³/mol. The number of nitrogens with one attached hydrogen (secondary N) is 1. The Balaban J connectivity index is 1.98. The van der Waals surface area contributed by atoms with Crippen LogP contribution in [0.25, 0.3) is 16.9 Å². The monoisotopic (exact) mass is 323 g/mol. The molecule has 0 saturated carbocycles. The van der Waals surface area contributed by atoms with Crippen LogP contribution >= 0.6 is 11.8 Å². The van der Waals surface area contributed by atoms with Crippen molar-refractivity contribution in [2.75, 3.05) is 12.8 Å². The molecular weight excluding hydrogens is 306 g/mol. The van der Waals surface area contributed by atoms with Crippen molar-refractivity contribution in [2.45, 2.75) is 5.16 Å². The van der Waals surface area contributed by atoms with E-state index in [-0.39, 0.29) is 5.91 Å². The highest BCUT2D eigenvalue weighted by Gasteiger charge is 2.13. The molecule has 0 aliphatic heterocycles. The van der Waals surface area contributed by atoms with Crippen LogP contribution in [-0.4, -0.2) is 28.3 Å². The molecule has 0 saturated heterocycles. The summed E-state index contributed by atoms with van der Waals surface area (Å²) in [4.78, 5) is 16.2. The summed E-state index contributed by atoms with van der Waals surface area (Å²) in [5.41, 5.74) is 2.99. The maximum absolute atomic E-state index is 11.5. The molecule has 1 heterocycles. The van der Waals surface area contributed by atoms with Crippen molar-refractivity contribution in [1.29, 1.82) is 0 Å². The number of benzene rings is 2. The number of hydrogen-bond donors (Lipinski definition) is 1. The Morgan fingerprint density at radius 1 is 1.09 bits per heavy atom. The molecule has 0 aliphatic rings. The lowest BCUT2D eigenvalue weighted by Gasteiger charge is -2.06. The summed E-state index contributed by atoms with van der Waals surface area (Å²) >= 11 is 1.43. The molecule has 4 nitrogen and oxygen atoms in total. The number of amides is 1. The molecule has 0 fully saturated rings.